The van der Waals surface area contributed by atoms with Gasteiger partial charge >= 0.3 is 5.69 Å². The van der Waals surface area contributed by atoms with E-state index in [-0.39, 0.29) is 11.2 Å². The lowest BCUT2D eigenvalue weighted by atomic mass is 10.0. The monoisotopic (exact) mass is 366 g/mol. The summed E-state index contributed by atoms with van der Waals surface area (Å²) >= 11 is 0. The van der Waals surface area contributed by atoms with E-state index in [1.54, 1.807) is 26.4 Å². The Hall–Kier alpha value is -3.22. The van der Waals surface area contributed by atoms with E-state index in [0.29, 0.717) is 35.4 Å². The first-order valence-corrected chi connectivity index (χ1v) is 8.91. The summed E-state index contributed by atoms with van der Waals surface area (Å²) in [7, 11) is 3.09. The minimum Gasteiger partial charge on any atom is -0.493 e. The lowest BCUT2D eigenvalue weighted by molar-refractivity contribution is 0.355. The number of hydrogen-bond donors (Lipinski definition) is 3. The molecule has 7 heteroatoms. The van der Waals surface area contributed by atoms with Crippen LogP contribution in [0.25, 0.3) is 17.0 Å². The predicted molar refractivity (Wildman–Crippen MR) is 103 cm³/mol. The highest BCUT2D eigenvalue weighted by molar-refractivity contribution is 5.81. The van der Waals surface area contributed by atoms with Crippen molar-refractivity contribution >= 4 is 17.0 Å². The largest absolute Gasteiger partial charge is 0.493 e. The smallest absolute Gasteiger partial charge is 0.327 e. The van der Waals surface area contributed by atoms with Crippen LogP contribution in [-0.2, 0) is 19.4 Å². The van der Waals surface area contributed by atoms with Crippen LogP contribution in [-0.4, -0.2) is 28.8 Å². The number of fused-ring (bicyclic) bond motifs is 2. The van der Waals surface area contributed by atoms with Crippen LogP contribution in [0.5, 0.6) is 11.5 Å². The summed E-state index contributed by atoms with van der Waals surface area (Å²) < 4.78 is 12.1. The van der Waals surface area contributed by atoms with Crippen molar-refractivity contribution in [2.75, 3.05) is 14.2 Å². The number of aromatic amines is 2. The van der Waals surface area contributed by atoms with Gasteiger partial charge in [0.15, 0.2) is 11.5 Å². The van der Waals surface area contributed by atoms with E-state index in [0.717, 1.165) is 12.8 Å². The van der Waals surface area contributed by atoms with Gasteiger partial charge < -0.3 is 19.4 Å². The molecule has 0 radical (unpaired) electrons. The molecule has 7 nitrogen and oxygen atoms in total. The molecule has 0 atom stereocenters. The first-order chi connectivity index (χ1) is 13.1. The molecule has 1 aliphatic carbocycles. The zero-order valence-electron chi connectivity index (χ0n) is 15.4. The van der Waals surface area contributed by atoms with Crippen molar-refractivity contribution in [2.24, 2.45) is 0 Å². The molecule has 0 unspecified atom stereocenters. The number of hydrogen-bond acceptors (Lipinski definition) is 4. The molecule has 4 rings (SSSR count). The second-order valence-electron chi connectivity index (χ2n) is 6.58. The molecule has 0 bridgehead atoms. The van der Waals surface area contributed by atoms with Crippen molar-refractivity contribution in [2.45, 2.75) is 25.8 Å². The van der Waals surface area contributed by atoms with Gasteiger partial charge in [0.25, 0.3) is 0 Å². The summed E-state index contributed by atoms with van der Waals surface area (Å²) in [6.45, 7) is 0.427. The Morgan fingerprint density at radius 2 is 2.00 bits per heavy atom. The Bertz CT molecular complexity index is 1150. The number of H-pyrrole nitrogens is 2. The van der Waals surface area contributed by atoms with E-state index >= 15 is 0 Å². The number of benzene rings is 1. The zero-order chi connectivity index (χ0) is 19.0. The fourth-order valence-corrected chi connectivity index (χ4v) is 3.63. The summed E-state index contributed by atoms with van der Waals surface area (Å²) in [6, 6.07) is 3.41. The maximum absolute atomic E-state index is 12.5. The molecule has 0 aliphatic heterocycles. The third-order valence-electron chi connectivity index (χ3n) is 5.08. The molecule has 2 aromatic heterocycles. The van der Waals surface area contributed by atoms with E-state index in [9.17, 15) is 4.79 Å². The molecular formula is C20H22N4O3. The molecule has 140 valence electrons. The van der Waals surface area contributed by atoms with Crippen molar-refractivity contribution in [3.8, 4) is 11.5 Å². The number of aryl methyl sites for hydroxylation is 2. The van der Waals surface area contributed by atoms with E-state index in [1.165, 1.54) is 21.4 Å². The molecule has 0 spiro atoms. The number of allylic oxidation sites excluding steroid dienone is 1. The van der Waals surface area contributed by atoms with Crippen molar-refractivity contribution in [1.82, 2.24) is 14.5 Å². The molecule has 3 aromatic rings. The molecule has 2 heterocycles. The minimum atomic E-state index is -0.306. The second kappa shape index (κ2) is 6.83. The van der Waals surface area contributed by atoms with Gasteiger partial charge in [-0.15, -0.1) is 0 Å². The van der Waals surface area contributed by atoms with Crippen molar-refractivity contribution in [3.05, 3.63) is 57.2 Å². The number of nitrogens with one attached hydrogen (secondary N) is 3. The van der Waals surface area contributed by atoms with Gasteiger partial charge in [0.05, 0.1) is 19.7 Å². The average molecular weight is 366 g/mol. The van der Waals surface area contributed by atoms with Gasteiger partial charge in [-0.25, -0.2) is 4.79 Å². The molecule has 3 N–H and O–H groups in total. The van der Waals surface area contributed by atoms with E-state index in [1.807, 2.05) is 6.20 Å². The SMILES string of the molecule is COc1cc2[nH]c(=O)n(CCc3c[nH]c4c3C=CCC4)c(=N)c2cc1OC. The lowest BCUT2D eigenvalue weighted by Crippen LogP contribution is -2.35. The van der Waals surface area contributed by atoms with Crippen LogP contribution in [0.1, 0.15) is 23.2 Å². The summed E-state index contributed by atoms with van der Waals surface area (Å²) in [6.07, 6.45) is 9.06. The fraction of sp³-hybridized carbons (Fsp3) is 0.300. The van der Waals surface area contributed by atoms with Crippen molar-refractivity contribution in [3.63, 3.8) is 0 Å². The van der Waals surface area contributed by atoms with E-state index in [2.05, 4.69) is 22.1 Å². The average Bonchev–Trinajstić information content (AvgIpc) is 3.10. The minimum absolute atomic E-state index is 0.162. The third-order valence-corrected chi connectivity index (χ3v) is 5.08. The number of ether oxygens (including phenoxy) is 2. The predicted octanol–water partition coefficient (Wildman–Crippen LogP) is 2.36. The molecule has 27 heavy (non-hydrogen) atoms. The van der Waals surface area contributed by atoms with Gasteiger partial charge in [-0.1, -0.05) is 12.2 Å². The first-order valence-electron chi connectivity index (χ1n) is 8.91. The van der Waals surface area contributed by atoms with Crippen LogP contribution in [0.4, 0.5) is 0 Å². The zero-order valence-corrected chi connectivity index (χ0v) is 15.4. The Labute approximate surface area is 155 Å². The van der Waals surface area contributed by atoms with Crippen LogP contribution in [0.3, 0.4) is 0 Å². The molecule has 0 saturated heterocycles. The number of nitrogens with zero attached hydrogens (tertiary/aromatic N) is 1. The second-order valence-corrected chi connectivity index (χ2v) is 6.58. The molecule has 0 fully saturated rings. The van der Waals surface area contributed by atoms with Gasteiger partial charge in [-0.2, -0.15) is 0 Å². The Morgan fingerprint density at radius 3 is 2.78 bits per heavy atom. The lowest BCUT2D eigenvalue weighted by Gasteiger charge is -2.12. The van der Waals surface area contributed by atoms with E-state index in [4.69, 9.17) is 14.9 Å². The highest BCUT2D eigenvalue weighted by Crippen LogP contribution is 2.29. The van der Waals surface area contributed by atoms with Gasteiger partial charge in [0.2, 0.25) is 0 Å². The first kappa shape index (κ1) is 17.2. The maximum Gasteiger partial charge on any atom is 0.327 e. The number of methoxy groups -OCH3 is 2. The van der Waals surface area contributed by atoms with Crippen molar-refractivity contribution < 1.29 is 9.47 Å². The Kier molecular flexibility index (Phi) is 4.35. The Balaban J connectivity index is 1.72. The number of aromatic nitrogens is 3. The van der Waals surface area contributed by atoms with E-state index < -0.39 is 0 Å². The maximum atomic E-state index is 12.5. The van der Waals surface area contributed by atoms with Crippen LogP contribution < -0.4 is 20.7 Å². The Morgan fingerprint density at radius 1 is 1.22 bits per heavy atom. The molecule has 0 saturated carbocycles. The molecule has 0 amide bonds. The van der Waals surface area contributed by atoms with Gasteiger partial charge in [-0.05, 0) is 36.5 Å². The van der Waals surface area contributed by atoms with Crippen LogP contribution in [0.15, 0.2) is 29.2 Å². The topological polar surface area (TPSA) is 95.9 Å². The van der Waals surface area contributed by atoms with Gasteiger partial charge in [0.1, 0.15) is 5.49 Å². The van der Waals surface area contributed by atoms with Crippen molar-refractivity contribution in [1.29, 1.82) is 5.41 Å². The van der Waals surface area contributed by atoms with Crippen LogP contribution in [0, 0.1) is 5.41 Å². The third kappa shape index (κ3) is 2.95. The van der Waals surface area contributed by atoms with Crippen LogP contribution in [0.2, 0.25) is 0 Å². The standard InChI is InChI=1S/C20H22N4O3/c1-26-17-9-14-16(10-18(17)27-2)23-20(25)24(19(14)21)8-7-12-11-22-15-6-4-3-5-13(12)15/h3,5,9-11,21-22H,4,6-8H2,1-2H3,(H,23,25). The highest BCUT2D eigenvalue weighted by atomic mass is 16.5. The van der Waals surface area contributed by atoms with Gasteiger partial charge in [0, 0.05) is 29.9 Å². The summed E-state index contributed by atoms with van der Waals surface area (Å²) in [5.74, 6) is 1.05. The summed E-state index contributed by atoms with van der Waals surface area (Å²) in [4.78, 5) is 18.7. The molecule has 1 aromatic carbocycles. The summed E-state index contributed by atoms with van der Waals surface area (Å²) in [5, 5.41) is 9.14. The fourth-order valence-electron chi connectivity index (χ4n) is 3.63. The normalized spacial score (nSPS) is 13.0. The molecule has 1 aliphatic rings. The quantitative estimate of drug-likeness (QED) is 0.647. The number of rotatable bonds is 5. The molecular weight excluding hydrogens is 344 g/mol. The van der Waals surface area contributed by atoms with Gasteiger partial charge in [-0.3, -0.25) is 9.98 Å². The summed E-state index contributed by atoms with van der Waals surface area (Å²) in [5.41, 5.74) is 4.04. The highest BCUT2D eigenvalue weighted by Gasteiger charge is 2.14. The van der Waals surface area contributed by atoms with Crippen LogP contribution >= 0.6 is 0 Å².